The van der Waals surface area contributed by atoms with Crippen LogP contribution in [0.3, 0.4) is 0 Å². The molecule has 0 saturated carbocycles. The van der Waals surface area contributed by atoms with E-state index in [1.54, 1.807) is 0 Å². The molecule has 0 heterocycles. The van der Waals surface area contributed by atoms with Crippen molar-refractivity contribution in [1.82, 2.24) is 0 Å². The monoisotopic (exact) mass is 335 g/mol. The predicted octanol–water partition coefficient (Wildman–Crippen LogP) is 2.09. The first-order valence-corrected chi connectivity index (χ1v) is 6.67. The van der Waals surface area contributed by atoms with Gasteiger partial charge in [0.15, 0.2) is 0 Å². The van der Waals surface area contributed by atoms with Gasteiger partial charge in [0.1, 0.15) is 0 Å². The molecule has 0 bridgehead atoms. The first kappa shape index (κ1) is 15.8. The van der Waals surface area contributed by atoms with Crippen molar-refractivity contribution in [3.8, 4) is 0 Å². The van der Waals surface area contributed by atoms with Crippen molar-refractivity contribution in [3.05, 3.63) is 52.4 Å². The van der Waals surface area contributed by atoms with Gasteiger partial charge in [-0.3, -0.25) is 0 Å². The van der Waals surface area contributed by atoms with Crippen molar-refractivity contribution >= 4 is 22.3 Å². The molecule has 1 aromatic rings. The van der Waals surface area contributed by atoms with Crippen LogP contribution in [0.15, 0.2) is 42.0 Å². The van der Waals surface area contributed by atoms with Crippen molar-refractivity contribution in [3.63, 3.8) is 0 Å². The number of benzene rings is 1. The molecule has 0 aromatic heterocycles. The van der Waals surface area contributed by atoms with Crippen LogP contribution in [0.5, 0.6) is 0 Å². The second-order valence-electron chi connectivity index (χ2n) is 4.90. The minimum atomic E-state index is -4.38. The number of hydrogen-bond donors (Lipinski definition) is 0. The topological polar surface area (TPSA) is 3.24 Å². The van der Waals surface area contributed by atoms with Crippen molar-refractivity contribution in [1.29, 1.82) is 0 Å². The third-order valence-corrected chi connectivity index (χ3v) is 3.58. The van der Waals surface area contributed by atoms with Crippen LogP contribution in [-0.2, 0) is 15.0 Å². The molecule has 1 aliphatic rings. The van der Waals surface area contributed by atoms with Gasteiger partial charge < -0.3 is 0 Å². The van der Waals surface area contributed by atoms with E-state index in [0.29, 0.717) is 5.57 Å². The summed E-state index contributed by atoms with van der Waals surface area (Å²) in [7, 11) is 3.79. The van der Waals surface area contributed by atoms with E-state index in [9.17, 15) is 13.2 Å². The van der Waals surface area contributed by atoms with Crippen LogP contribution in [0.25, 0.3) is 12.2 Å². The Balaban J connectivity index is 2.61. The SMILES string of the molecule is C=c1ccc(N(C)C)c/c1=C1\C=CC(C(F)(F)F)=C[C]1=[Ni]. The fourth-order valence-corrected chi connectivity index (χ4v) is 2.35. The number of alkyl halides is 3. The standard InChI is InChI=1S/C16H14F3N.Ni/c1-11-4-9-14(20(2)3)10-15(11)12-5-7-13(8-6-12)16(17,18)19;/h4-5,7-10H,1H2,2-3H3;/b15-12-;. The van der Waals surface area contributed by atoms with Gasteiger partial charge in [0.25, 0.3) is 0 Å². The second kappa shape index (κ2) is 5.65. The Bertz CT molecular complexity index is 755. The molecule has 21 heavy (non-hydrogen) atoms. The molecule has 0 N–H and O–H groups in total. The molecule has 1 aromatic carbocycles. The number of halogens is 3. The molecule has 2 rings (SSSR count). The van der Waals surface area contributed by atoms with Gasteiger partial charge in [0.05, 0.1) is 0 Å². The maximum atomic E-state index is 12.7. The molecule has 5 heteroatoms. The summed E-state index contributed by atoms with van der Waals surface area (Å²) < 4.78 is 38.3. The van der Waals surface area contributed by atoms with E-state index >= 15 is 0 Å². The quantitative estimate of drug-likeness (QED) is 0.710. The van der Waals surface area contributed by atoms with E-state index in [4.69, 9.17) is 15.0 Å². The molecule has 0 fully saturated rings. The molecule has 114 valence electrons. The zero-order valence-electron chi connectivity index (χ0n) is 11.6. The summed E-state index contributed by atoms with van der Waals surface area (Å²) in [5, 5.41) is 1.50. The average molecular weight is 336 g/mol. The molecule has 0 radical (unpaired) electrons. The minimum absolute atomic E-state index is 0.214. The molecule has 0 spiro atoms. The van der Waals surface area contributed by atoms with Crippen molar-refractivity contribution in [2.45, 2.75) is 6.18 Å². The summed E-state index contributed by atoms with van der Waals surface area (Å²) in [6.45, 7) is 3.93. The Kier molecular flexibility index (Phi) is 4.24. The van der Waals surface area contributed by atoms with E-state index in [0.717, 1.165) is 28.3 Å². The number of anilines is 1. The van der Waals surface area contributed by atoms with Gasteiger partial charge in [-0.25, -0.2) is 0 Å². The fourth-order valence-electron chi connectivity index (χ4n) is 1.98. The average Bonchev–Trinajstić information content (AvgIpc) is 2.38. The van der Waals surface area contributed by atoms with Gasteiger partial charge >= 0.3 is 128 Å². The van der Waals surface area contributed by atoms with Gasteiger partial charge in [-0.05, 0) is 0 Å². The van der Waals surface area contributed by atoms with Gasteiger partial charge in [0, 0.05) is 0 Å². The Morgan fingerprint density at radius 2 is 1.81 bits per heavy atom. The molecular formula is C16H14F3NNi. The van der Waals surface area contributed by atoms with Crippen LogP contribution >= 0.6 is 0 Å². The van der Waals surface area contributed by atoms with Gasteiger partial charge in [-0.15, -0.1) is 0 Å². The third kappa shape index (κ3) is 3.35. The predicted molar refractivity (Wildman–Crippen MR) is 77.2 cm³/mol. The Hall–Kier alpha value is -1.61. The molecule has 0 unspecified atom stereocenters. The van der Waals surface area contributed by atoms with E-state index < -0.39 is 11.7 Å². The molecule has 1 aliphatic carbocycles. The third-order valence-electron chi connectivity index (χ3n) is 3.17. The summed E-state index contributed by atoms with van der Waals surface area (Å²) in [5.74, 6) is 0. The van der Waals surface area contributed by atoms with E-state index in [2.05, 4.69) is 6.58 Å². The maximum absolute atomic E-state index is 12.7. The number of rotatable bonds is 1. The zero-order valence-corrected chi connectivity index (χ0v) is 12.6. The van der Waals surface area contributed by atoms with Crippen molar-refractivity contribution in [2.75, 3.05) is 19.0 Å². The summed E-state index contributed by atoms with van der Waals surface area (Å²) in [6, 6.07) is 5.62. The van der Waals surface area contributed by atoms with Crippen molar-refractivity contribution in [2.24, 2.45) is 0 Å². The summed E-state index contributed by atoms with van der Waals surface area (Å²) in [5.41, 5.74) is 0.829. The van der Waals surface area contributed by atoms with Crippen LogP contribution in [0.1, 0.15) is 0 Å². The Labute approximate surface area is 128 Å². The van der Waals surface area contributed by atoms with Gasteiger partial charge in [-0.1, -0.05) is 0 Å². The van der Waals surface area contributed by atoms with Crippen LogP contribution in [-0.4, -0.2) is 24.8 Å². The number of allylic oxidation sites excluding steroid dienone is 4. The van der Waals surface area contributed by atoms with E-state index in [1.165, 1.54) is 6.08 Å². The van der Waals surface area contributed by atoms with E-state index in [-0.39, 0.29) is 4.49 Å². The fraction of sp³-hybridized carbons (Fsp3) is 0.188. The molecular weight excluding hydrogens is 322 g/mol. The Morgan fingerprint density at radius 1 is 1.14 bits per heavy atom. The van der Waals surface area contributed by atoms with Crippen LogP contribution in [0.4, 0.5) is 18.9 Å². The van der Waals surface area contributed by atoms with Crippen LogP contribution in [0.2, 0.25) is 0 Å². The summed E-state index contributed by atoms with van der Waals surface area (Å²) in [6.07, 6.45) is -0.889. The second-order valence-corrected chi connectivity index (χ2v) is 5.43. The Morgan fingerprint density at radius 3 is 2.33 bits per heavy atom. The molecule has 0 aliphatic heterocycles. The first-order chi connectivity index (χ1) is 9.70. The number of nitrogens with zero attached hydrogens (tertiary/aromatic N) is 1. The first-order valence-electron chi connectivity index (χ1n) is 6.17. The van der Waals surface area contributed by atoms with Crippen LogP contribution in [0, 0.1) is 0 Å². The normalized spacial score (nSPS) is 17.9. The van der Waals surface area contributed by atoms with Crippen molar-refractivity contribution < 1.29 is 28.2 Å². The summed E-state index contributed by atoms with van der Waals surface area (Å²) in [4.78, 5) is 1.92. The molecule has 0 amide bonds. The molecule has 0 saturated heterocycles. The molecule has 1 nitrogen and oxygen atoms in total. The van der Waals surface area contributed by atoms with Crippen LogP contribution < -0.4 is 15.3 Å². The summed E-state index contributed by atoms with van der Waals surface area (Å²) >= 11 is 4.77. The molecule has 0 atom stereocenters. The zero-order chi connectivity index (χ0) is 15.8. The number of hydrogen-bond acceptors (Lipinski definition) is 1. The van der Waals surface area contributed by atoms with Gasteiger partial charge in [0.2, 0.25) is 0 Å². The van der Waals surface area contributed by atoms with E-state index in [1.807, 2.05) is 37.2 Å². The van der Waals surface area contributed by atoms with Gasteiger partial charge in [-0.2, -0.15) is 0 Å².